The van der Waals surface area contributed by atoms with Crippen molar-refractivity contribution in [2.24, 2.45) is 0 Å². The fourth-order valence-corrected chi connectivity index (χ4v) is 3.47. The second-order valence-electron chi connectivity index (χ2n) is 6.28. The van der Waals surface area contributed by atoms with Crippen LogP contribution in [0.1, 0.15) is 32.3 Å². The normalized spacial score (nSPS) is 15.5. The van der Waals surface area contributed by atoms with Crippen LogP contribution in [0.2, 0.25) is 0 Å². The first kappa shape index (κ1) is 21.1. The minimum absolute atomic E-state index is 0.428. The van der Waals surface area contributed by atoms with Gasteiger partial charge in [0.2, 0.25) is 0 Å². The van der Waals surface area contributed by atoms with Gasteiger partial charge in [-0.25, -0.2) is 4.79 Å². The van der Waals surface area contributed by atoms with Crippen molar-refractivity contribution in [3.63, 3.8) is 0 Å². The summed E-state index contributed by atoms with van der Waals surface area (Å²) in [5, 5.41) is 5.29. The number of hydrogen-bond acceptors (Lipinski definition) is 5. The number of urea groups is 1. The predicted molar refractivity (Wildman–Crippen MR) is 107 cm³/mol. The molecule has 1 aromatic rings. The van der Waals surface area contributed by atoms with E-state index in [0.29, 0.717) is 18.5 Å². The zero-order valence-corrected chi connectivity index (χ0v) is 17.6. The molecular formula is C18H22IN3O5. The van der Waals surface area contributed by atoms with Crippen molar-refractivity contribution in [3.8, 4) is 0 Å². The lowest BCUT2D eigenvalue weighted by molar-refractivity contribution is -0.150. The number of carbonyl (C=O) groups excluding carboxylic acids is 4. The Morgan fingerprint density at radius 3 is 2.48 bits per heavy atom. The fourth-order valence-electron chi connectivity index (χ4n) is 2.82. The minimum atomic E-state index is -0.975. The Kier molecular flexibility index (Phi) is 6.79. The quantitative estimate of drug-likeness (QED) is 0.349. The molecule has 1 heterocycles. The maximum atomic E-state index is 12.4. The molecule has 8 nitrogen and oxygen atoms in total. The third kappa shape index (κ3) is 4.76. The first-order chi connectivity index (χ1) is 12.7. The number of carbonyl (C=O) groups is 4. The summed E-state index contributed by atoms with van der Waals surface area (Å²) in [5.74, 6) is -1.77. The number of aryl methyl sites for hydroxylation is 1. The van der Waals surface area contributed by atoms with E-state index in [2.05, 4.69) is 33.2 Å². The molecule has 1 fully saturated rings. The second-order valence-corrected chi connectivity index (χ2v) is 7.52. The fraction of sp³-hybridized carbons (Fsp3) is 0.444. The van der Waals surface area contributed by atoms with Crippen molar-refractivity contribution in [1.29, 1.82) is 0 Å². The first-order valence-corrected chi connectivity index (χ1v) is 9.66. The van der Waals surface area contributed by atoms with Gasteiger partial charge in [0.15, 0.2) is 6.61 Å². The van der Waals surface area contributed by atoms with E-state index in [1.807, 2.05) is 19.1 Å². The van der Waals surface area contributed by atoms with Gasteiger partial charge < -0.3 is 15.4 Å². The highest BCUT2D eigenvalue weighted by molar-refractivity contribution is 14.1. The molecule has 1 aliphatic heterocycles. The average molecular weight is 487 g/mol. The molecule has 1 saturated heterocycles. The highest BCUT2D eigenvalue weighted by Crippen LogP contribution is 2.24. The van der Waals surface area contributed by atoms with E-state index in [9.17, 15) is 19.2 Å². The van der Waals surface area contributed by atoms with Crippen LogP contribution in [0.15, 0.2) is 18.2 Å². The molecular weight excluding hydrogens is 465 g/mol. The molecule has 27 heavy (non-hydrogen) atoms. The van der Waals surface area contributed by atoms with E-state index in [1.165, 1.54) is 0 Å². The Morgan fingerprint density at radius 2 is 1.93 bits per heavy atom. The van der Waals surface area contributed by atoms with Gasteiger partial charge in [0.1, 0.15) is 12.1 Å². The van der Waals surface area contributed by atoms with Crippen molar-refractivity contribution < 1.29 is 23.9 Å². The van der Waals surface area contributed by atoms with Crippen molar-refractivity contribution in [2.45, 2.75) is 39.2 Å². The molecule has 0 aliphatic carbocycles. The number of nitrogens with one attached hydrogen (secondary N) is 2. The lowest BCUT2D eigenvalue weighted by Gasteiger charge is -2.22. The number of esters is 1. The molecule has 0 radical (unpaired) electrons. The number of ether oxygens (including phenoxy) is 1. The number of amides is 4. The van der Waals surface area contributed by atoms with Gasteiger partial charge in [-0.05, 0) is 66.1 Å². The van der Waals surface area contributed by atoms with Crippen LogP contribution < -0.4 is 10.6 Å². The van der Waals surface area contributed by atoms with Crippen LogP contribution in [0.3, 0.4) is 0 Å². The first-order valence-electron chi connectivity index (χ1n) is 8.58. The third-order valence-corrected chi connectivity index (χ3v) is 5.24. The van der Waals surface area contributed by atoms with Crippen LogP contribution in [0.25, 0.3) is 0 Å². The second kappa shape index (κ2) is 8.68. The van der Waals surface area contributed by atoms with Crippen molar-refractivity contribution in [2.75, 3.05) is 18.5 Å². The number of nitrogens with zero attached hydrogens (tertiary/aromatic N) is 1. The molecule has 0 atom stereocenters. The Hall–Kier alpha value is -2.17. The topological polar surface area (TPSA) is 105 Å². The largest absolute Gasteiger partial charge is 0.454 e. The Balaban J connectivity index is 1.88. The van der Waals surface area contributed by atoms with Crippen LogP contribution in [0.4, 0.5) is 10.5 Å². The number of hydrogen-bond donors (Lipinski definition) is 2. The van der Waals surface area contributed by atoms with Gasteiger partial charge in [-0.3, -0.25) is 19.3 Å². The van der Waals surface area contributed by atoms with Gasteiger partial charge in [0.25, 0.3) is 11.8 Å². The molecule has 4 amide bonds. The van der Waals surface area contributed by atoms with E-state index in [0.717, 1.165) is 14.0 Å². The lowest BCUT2D eigenvalue weighted by atomic mass is 9.93. The molecule has 2 rings (SSSR count). The maximum Gasteiger partial charge on any atom is 0.326 e. The van der Waals surface area contributed by atoms with Crippen molar-refractivity contribution >= 4 is 52.1 Å². The van der Waals surface area contributed by atoms with Crippen LogP contribution >= 0.6 is 22.6 Å². The van der Waals surface area contributed by atoms with E-state index >= 15 is 0 Å². The SMILES string of the molecule is CCC1(CC)NC(=O)N(CC(=O)OCC(=O)Nc2ccc(I)cc2C)C1=O. The summed E-state index contributed by atoms with van der Waals surface area (Å²) in [4.78, 5) is 49.2. The average Bonchev–Trinajstić information content (AvgIpc) is 2.87. The predicted octanol–water partition coefficient (Wildman–Crippen LogP) is 2.19. The minimum Gasteiger partial charge on any atom is -0.454 e. The van der Waals surface area contributed by atoms with Crippen molar-refractivity contribution in [1.82, 2.24) is 10.2 Å². The van der Waals surface area contributed by atoms with Gasteiger partial charge in [0, 0.05) is 9.26 Å². The van der Waals surface area contributed by atoms with E-state index in [1.54, 1.807) is 19.9 Å². The highest BCUT2D eigenvalue weighted by atomic mass is 127. The number of anilines is 1. The summed E-state index contributed by atoms with van der Waals surface area (Å²) < 4.78 is 5.95. The Bertz CT molecular complexity index is 776. The zero-order chi connectivity index (χ0) is 20.2. The molecule has 0 spiro atoms. The summed E-state index contributed by atoms with van der Waals surface area (Å²) in [7, 11) is 0. The highest BCUT2D eigenvalue weighted by Gasteiger charge is 2.49. The third-order valence-electron chi connectivity index (χ3n) is 4.57. The van der Waals surface area contributed by atoms with Gasteiger partial charge in [-0.15, -0.1) is 0 Å². The number of halogens is 1. The Labute approximate surface area is 171 Å². The number of benzene rings is 1. The summed E-state index contributed by atoms with van der Waals surface area (Å²) in [5.41, 5.74) is 0.537. The monoisotopic (exact) mass is 487 g/mol. The summed E-state index contributed by atoms with van der Waals surface area (Å²) >= 11 is 2.17. The van der Waals surface area contributed by atoms with Crippen LogP contribution in [-0.4, -0.2) is 47.4 Å². The molecule has 2 N–H and O–H groups in total. The van der Waals surface area contributed by atoms with E-state index < -0.39 is 42.5 Å². The molecule has 0 unspecified atom stereocenters. The van der Waals surface area contributed by atoms with E-state index in [4.69, 9.17) is 4.74 Å². The molecule has 1 aliphatic rings. The van der Waals surface area contributed by atoms with Crippen LogP contribution in [-0.2, 0) is 19.1 Å². The molecule has 0 aromatic heterocycles. The molecule has 9 heteroatoms. The van der Waals surface area contributed by atoms with Crippen LogP contribution in [0.5, 0.6) is 0 Å². The standard InChI is InChI=1S/C18H22IN3O5/c1-4-18(5-2)16(25)22(17(26)21-18)9-15(24)27-10-14(23)20-13-7-6-12(19)8-11(13)3/h6-8H,4-5,9-10H2,1-3H3,(H,20,23)(H,21,26). The number of rotatable bonds is 7. The summed E-state index contributed by atoms with van der Waals surface area (Å²) in [6.45, 7) is 4.42. The smallest absolute Gasteiger partial charge is 0.326 e. The van der Waals surface area contributed by atoms with Gasteiger partial charge in [-0.2, -0.15) is 0 Å². The summed E-state index contributed by atoms with van der Waals surface area (Å²) in [6.07, 6.45) is 0.856. The van der Waals surface area contributed by atoms with Gasteiger partial charge in [-0.1, -0.05) is 13.8 Å². The summed E-state index contributed by atoms with van der Waals surface area (Å²) in [6, 6.07) is 4.90. The van der Waals surface area contributed by atoms with Gasteiger partial charge >= 0.3 is 12.0 Å². The molecule has 146 valence electrons. The molecule has 0 bridgehead atoms. The lowest BCUT2D eigenvalue weighted by Crippen LogP contribution is -2.46. The molecule has 0 saturated carbocycles. The van der Waals surface area contributed by atoms with E-state index in [-0.39, 0.29) is 0 Å². The van der Waals surface area contributed by atoms with Crippen LogP contribution in [0, 0.1) is 10.5 Å². The van der Waals surface area contributed by atoms with Crippen molar-refractivity contribution in [3.05, 3.63) is 27.3 Å². The van der Waals surface area contributed by atoms with Gasteiger partial charge in [0.05, 0.1) is 0 Å². The number of imide groups is 1. The maximum absolute atomic E-state index is 12.4. The Morgan fingerprint density at radius 1 is 1.26 bits per heavy atom. The zero-order valence-electron chi connectivity index (χ0n) is 15.4. The molecule has 1 aromatic carbocycles.